The van der Waals surface area contributed by atoms with Crippen LogP contribution in [-0.2, 0) is 6.42 Å². The number of Topliss-reactive ketones (excluding diaryl/α,β-unsaturated/α-hetero) is 1. The average Bonchev–Trinajstić information content (AvgIpc) is 2.91. The number of rotatable bonds is 5. The van der Waals surface area contributed by atoms with Crippen molar-refractivity contribution in [3.8, 4) is 0 Å². The zero-order chi connectivity index (χ0) is 16.4. The molecule has 0 spiro atoms. The Balaban J connectivity index is 1.88. The number of aromatic nitrogens is 1. The number of hydrogen-bond acceptors (Lipinski definition) is 2. The van der Waals surface area contributed by atoms with Gasteiger partial charge < -0.3 is 4.98 Å². The monoisotopic (exact) mass is 345 g/mol. The van der Waals surface area contributed by atoms with Crippen LogP contribution < -0.4 is 0 Å². The second-order valence-corrected chi connectivity index (χ2v) is 6.14. The van der Waals surface area contributed by atoms with Crippen molar-refractivity contribution in [1.29, 1.82) is 0 Å². The smallest absolute Gasteiger partial charge is 0.167 e. The summed E-state index contributed by atoms with van der Waals surface area (Å²) >= 11 is 11.8. The normalized spacial score (nSPS) is 10.9. The van der Waals surface area contributed by atoms with E-state index in [-0.39, 0.29) is 5.78 Å². The van der Waals surface area contributed by atoms with Crippen LogP contribution in [0, 0.1) is 0 Å². The Labute approximate surface area is 143 Å². The Morgan fingerprint density at radius 2 is 1.74 bits per heavy atom. The minimum absolute atomic E-state index is 0.0735. The Bertz CT molecular complexity index is 882. The lowest BCUT2D eigenvalue weighted by molar-refractivity contribution is 0.0978. The molecule has 0 amide bonds. The van der Waals surface area contributed by atoms with Crippen molar-refractivity contribution < 1.29 is 9.59 Å². The first-order valence-corrected chi connectivity index (χ1v) is 7.88. The summed E-state index contributed by atoms with van der Waals surface area (Å²) in [6.45, 7) is 0. The number of carbonyl (C=O) groups excluding carboxylic acids is 2. The van der Waals surface area contributed by atoms with Gasteiger partial charge >= 0.3 is 0 Å². The Kier molecular flexibility index (Phi) is 4.51. The van der Waals surface area contributed by atoms with E-state index in [0.29, 0.717) is 45.9 Å². The molecule has 0 aliphatic heterocycles. The Hall–Kier alpha value is -2.10. The molecule has 0 radical (unpaired) electrons. The molecule has 0 aliphatic rings. The number of ketones is 1. The first-order chi connectivity index (χ1) is 11.1. The molecule has 0 aliphatic carbocycles. The molecule has 0 saturated carbocycles. The molecule has 116 valence electrons. The molecular formula is C18H13Cl2NO2. The first-order valence-electron chi connectivity index (χ1n) is 7.12. The maximum absolute atomic E-state index is 12.6. The number of aromatic amines is 1. The van der Waals surface area contributed by atoms with E-state index >= 15 is 0 Å². The lowest BCUT2D eigenvalue weighted by Crippen LogP contribution is -2.03. The Morgan fingerprint density at radius 1 is 1.04 bits per heavy atom. The molecule has 5 heteroatoms. The van der Waals surface area contributed by atoms with Gasteiger partial charge in [0, 0.05) is 27.4 Å². The minimum Gasteiger partial charge on any atom is -0.352 e. The molecule has 3 nitrogen and oxygen atoms in total. The second kappa shape index (κ2) is 6.57. The number of nitrogens with one attached hydrogen (secondary N) is 1. The van der Waals surface area contributed by atoms with Crippen LogP contribution in [0.25, 0.3) is 10.9 Å². The van der Waals surface area contributed by atoms with Gasteiger partial charge in [0.2, 0.25) is 0 Å². The van der Waals surface area contributed by atoms with E-state index in [1.54, 1.807) is 30.3 Å². The second-order valence-electron chi connectivity index (χ2n) is 5.27. The molecule has 1 N–H and O–H groups in total. The van der Waals surface area contributed by atoms with E-state index < -0.39 is 0 Å². The largest absolute Gasteiger partial charge is 0.352 e. The van der Waals surface area contributed by atoms with Crippen LogP contribution in [0.5, 0.6) is 0 Å². The summed E-state index contributed by atoms with van der Waals surface area (Å²) in [5.74, 6) is -0.0735. The Morgan fingerprint density at radius 3 is 2.43 bits per heavy atom. The van der Waals surface area contributed by atoms with Gasteiger partial charge in [0.25, 0.3) is 0 Å². The summed E-state index contributed by atoms with van der Waals surface area (Å²) in [6, 6.07) is 12.6. The van der Waals surface area contributed by atoms with Gasteiger partial charge in [0.15, 0.2) is 12.1 Å². The standard InChI is InChI=1S/C18H13Cl2NO2/c19-12-4-1-11(2-5-12)3-8-17(23)18-14-7-6-13(20)9-15(14)21-16(18)10-22/h1-2,4-7,9-10,21H,3,8H2. The highest BCUT2D eigenvalue weighted by Crippen LogP contribution is 2.26. The third-order valence-electron chi connectivity index (χ3n) is 3.74. The van der Waals surface area contributed by atoms with Crippen LogP contribution in [0.2, 0.25) is 10.0 Å². The van der Waals surface area contributed by atoms with Gasteiger partial charge in [0.1, 0.15) is 0 Å². The van der Waals surface area contributed by atoms with Gasteiger partial charge in [-0.1, -0.05) is 41.4 Å². The highest BCUT2D eigenvalue weighted by molar-refractivity contribution is 6.31. The quantitative estimate of drug-likeness (QED) is 0.516. The molecule has 0 atom stereocenters. The number of H-pyrrole nitrogens is 1. The van der Waals surface area contributed by atoms with Crippen molar-refractivity contribution in [3.63, 3.8) is 0 Å². The summed E-state index contributed by atoms with van der Waals surface area (Å²) in [5.41, 5.74) is 2.44. The minimum atomic E-state index is -0.0735. The van der Waals surface area contributed by atoms with Crippen LogP contribution in [0.15, 0.2) is 42.5 Å². The van der Waals surface area contributed by atoms with E-state index in [1.165, 1.54) is 0 Å². The third kappa shape index (κ3) is 3.31. The molecule has 0 unspecified atom stereocenters. The van der Waals surface area contributed by atoms with Gasteiger partial charge in [-0.3, -0.25) is 9.59 Å². The number of fused-ring (bicyclic) bond motifs is 1. The zero-order valence-corrected chi connectivity index (χ0v) is 13.6. The number of carbonyl (C=O) groups is 2. The van der Waals surface area contributed by atoms with Gasteiger partial charge in [0.05, 0.1) is 11.3 Å². The third-order valence-corrected chi connectivity index (χ3v) is 4.23. The fraction of sp³-hybridized carbons (Fsp3) is 0.111. The highest BCUT2D eigenvalue weighted by Gasteiger charge is 2.18. The van der Waals surface area contributed by atoms with Crippen molar-refractivity contribution in [1.82, 2.24) is 4.98 Å². The lowest BCUT2D eigenvalue weighted by Gasteiger charge is -2.02. The molecule has 0 fully saturated rings. The first kappa shape index (κ1) is 15.8. The molecular weight excluding hydrogens is 333 g/mol. The molecule has 0 saturated heterocycles. The summed E-state index contributed by atoms with van der Waals surface area (Å²) < 4.78 is 0. The molecule has 1 heterocycles. The van der Waals surface area contributed by atoms with Crippen molar-refractivity contribution in [2.45, 2.75) is 12.8 Å². The zero-order valence-electron chi connectivity index (χ0n) is 12.1. The fourth-order valence-electron chi connectivity index (χ4n) is 2.61. The van der Waals surface area contributed by atoms with Crippen LogP contribution in [0.4, 0.5) is 0 Å². The van der Waals surface area contributed by atoms with E-state index in [1.807, 2.05) is 12.1 Å². The van der Waals surface area contributed by atoms with Crippen LogP contribution in [0.3, 0.4) is 0 Å². The van der Waals surface area contributed by atoms with E-state index in [2.05, 4.69) is 4.98 Å². The van der Waals surface area contributed by atoms with Crippen molar-refractivity contribution in [2.75, 3.05) is 0 Å². The SMILES string of the molecule is O=Cc1[nH]c2cc(Cl)ccc2c1C(=O)CCc1ccc(Cl)cc1. The predicted octanol–water partition coefficient (Wildman–Crippen LogP) is 5.10. The molecule has 2 aromatic carbocycles. The van der Waals surface area contributed by atoms with Gasteiger partial charge in [-0.05, 0) is 36.2 Å². The number of aldehydes is 1. The maximum atomic E-state index is 12.6. The predicted molar refractivity (Wildman–Crippen MR) is 92.8 cm³/mol. The summed E-state index contributed by atoms with van der Waals surface area (Å²) in [4.78, 5) is 26.8. The van der Waals surface area contributed by atoms with E-state index in [0.717, 1.165) is 10.9 Å². The van der Waals surface area contributed by atoms with E-state index in [9.17, 15) is 9.59 Å². The van der Waals surface area contributed by atoms with E-state index in [4.69, 9.17) is 23.2 Å². The molecule has 3 rings (SSSR count). The average molecular weight is 346 g/mol. The maximum Gasteiger partial charge on any atom is 0.167 e. The molecule has 3 aromatic rings. The van der Waals surface area contributed by atoms with Gasteiger partial charge in [-0.15, -0.1) is 0 Å². The summed E-state index contributed by atoms with van der Waals surface area (Å²) in [5, 5.41) is 1.94. The van der Waals surface area contributed by atoms with Crippen LogP contribution in [-0.4, -0.2) is 17.1 Å². The van der Waals surface area contributed by atoms with Gasteiger partial charge in [-0.2, -0.15) is 0 Å². The van der Waals surface area contributed by atoms with Crippen molar-refractivity contribution in [3.05, 3.63) is 69.3 Å². The summed E-state index contributed by atoms with van der Waals surface area (Å²) in [7, 11) is 0. The number of benzene rings is 2. The molecule has 1 aromatic heterocycles. The van der Waals surface area contributed by atoms with Crippen LogP contribution >= 0.6 is 23.2 Å². The number of aryl methyl sites for hydroxylation is 1. The molecule has 0 bridgehead atoms. The fourth-order valence-corrected chi connectivity index (χ4v) is 2.91. The number of halogens is 2. The van der Waals surface area contributed by atoms with Gasteiger partial charge in [-0.25, -0.2) is 0 Å². The topological polar surface area (TPSA) is 49.9 Å². The highest BCUT2D eigenvalue weighted by atomic mass is 35.5. The van der Waals surface area contributed by atoms with Crippen molar-refractivity contribution >= 4 is 46.2 Å². The van der Waals surface area contributed by atoms with Crippen LogP contribution in [0.1, 0.15) is 32.8 Å². The lowest BCUT2D eigenvalue weighted by atomic mass is 10.0. The van der Waals surface area contributed by atoms with Crippen molar-refractivity contribution in [2.24, 2.45) is 0 Å². The number of hydrogen-bond donors (Lipinski definition) is 1. The molecule has 23 heavy (non-hydrogen) atoms. The summed E-state index contributed by atoms with van der Waals surface area (Å²) in [6.07, 6.45) is 1.58.